The third kappa shape index (κ3) is 3.37. The monoisotopic (exact) mass is 634 g/mol. The highest BCUT2D eigenvalue weighted by atomic mass is 16.5. The molecule has 0 unspecified atom stereocenters. The predicted molar refractivity (Wildman–Crippen MR) is 209 cm³/mol. The van der Waals surface area contributed by atoms with E-state index in [2.05, 4.69) is 146 Å². The van der Waals surface area contributed by atoms with Crippen LogP contribution in [-0.4, -0.2) is 0 Å². The number of rotatable bonds is 2. The Hall–Kier alpha value is -6.64. The normalized spacial score (nSPS) is 12.6. The van der Waals surface area contributed by atoms with Crippen molar-refractivity contribution in [2.24, 2.45) is 0 Å². The maximum Gasteiger partial charge on any atom is 0.143 e. The Morgan fingerprint density at radius 2 is 0.820 bits per heavy atom. The lowest BCUT2D eigenvalue weighted by Crippen LogP contribution is -1.97. The van der Waals surface area contributed by atoms with Crippen LogP contribution in [0.2, 0.25) is 0 Å². The van der Waals surface area contributed by atoms with E-state index in [1.807, 2.05) is 12.1 Å². The summed E-state index contributed by atoms with van der Waals surface area (Å²) in [6.07, 6.45) is 0. The van der Waals surface area contributed by atoms with Crippen LogP contribution in [0, 0.1) is 0 Å². The quantitative estimate of drug-likeness (QED) is 0.177. The zero-order valence-electron chi connectivity index (χ0n) is 26.8. The molecule has 10 aromatic carbocycles. The second kappa shape index (κ2) is 9.49. The average Bonchev–Trinajstić information content (AvgIpc) is 3.58. The molecule has 0 saturated carbocycles. The number of hydrogen-bond acceptors (Lipinski definition) is 2. The van der Waals surface area contributed by atoms with E-state index in [1.54, 1.807) is 0 Å². The van der Waals surface area contributed by atoms with E-state index in [1.165, 1.54) is 54.4 Å². The number of para-hydroxylation sites is 1. The van der Waals surface area contributed by atoms with Crippen molar-refractivity contribution in [3.63, 3.8) is 0 Å². The summed E-state index contributed by atoms with van der Waals surface area (Å²) in [7, 11) is 0. The Kier molecular flexibility index (Phi) is 5.00. The number of fused-ring (bicyclic) bond motifs is 7. The van der Waals surface area contributed by atoms with Gasteiger partial charge < -0.3 is 9.15 Å². The van der Waals surface area contributed by atoms with Gasteiger partial charge in [-0.1, -0.05) is 133 Å². The Bertz CT molecular complexity index is 3220. The highest BCUT2D eigenvalue weighted by molar-refractivity contribution is 6.29. The van der Waals surface area contributed by atoms with Gasteiger partial charge in [-0.15, -0.1) is 0 Å². The maximum absolute atomic E-state index is 7.11. The summed E-state index contributed by atoms with van der Waals surface area (Å²) in [5, 5.41) is 14.5. The van der Waals surface area contributed by atoms with E-state index in [0.29, 0.717) is 0 Å². The SMILES string of the molecule is c1ccc2c(c1)Oc1cccc3c(-c4ccc(-c5ccc6ccc7cccc8ccc5c6c78)c5c4oc4c6ccccc6ccc45)ccc-2c13. The van der Waals surface area contributed by atoms with Crippen molar-refractivity contribution in [3.05, 3.63) is 158 Å². The van der Waals surface area contributed by atoms with Gasteiger partial charge in [0.15, 0.2) is 0 Å². The molecule has 0 radical (unpaired) electrons. The van der Waals surface area contributed by atoms with Gasteiger partial charge in [0.05, 0.1) is 0 Å². The second-order valence-electron chi connectivity index (χ2n) is 13.5. The van der Waals surface area contributed by atoms with Crippen LogP contribution in [0.15, 0.2) is 162 Å². The van der Waals surface area contributed by atoms with Crippen LogP contribution >= 0.6 is 0 Å². The number of furan rings is 1. The van der Waals surface area contributed by atoms with E-state index < -0.39 is 0 Å². The summed E-state index contributed by atoms with van der Waals surface area (Å²) >= 11 is 0. The fraction of sp³-hybridized carbons (Fsp3) is 0. The lowest BCUT2D eigenvalue weighted by atomic mass is 9.86. The van der Waals surface area contributed by atoms with Crippen LogP contribution in [0.3, 0.4) is 0 Å². The summed E-state index contributed by atoms with van der Waals surface area (Å²) in [6, 6.07) is 57.0. The second-order valence-corrected chi connectivity index (χ2v) is 13.5. The van der Waals surface area contributed by atoms with Crippen LogP contribution < -0.4 is 4.74 Å². The summed E-state index contributed by atoms with van der Waals surface area (Å²) < 4.78 is 13.6. The van der Waals surface area contributed by atoms with Crippen LogP contribution in [0.1, 0.15) is 0 Å². The number of hydrogen-bond donors (Lipinski definition) is 0. The van der Waals surface area contributed by atoms with Gasteiger partial charge in [-0.3, -0.25) is 0 Å². The minimum Gasteiger partial charge on any atom is -0.456 e. The van der Waals surface area contributed by atoms with Crippen LogP contribution in [0.25, 0.3) is 109 Å². The van der Waals surface area contributed by atoms with Crippen LogP contribution in [0.4, 0.5) is 0 Å². The molecule has 0 saturated heterocycles. The topological polar surface area (TPSA) is 22.4 Å². The molecule has 1 aliphatic rings. The fourth-order valence-corrected chi connectivity index (χ4v) is 8.83. The smallest absolute Gasteiger partial charge is 0.143 e. The zero-order chi connectivity index (χ0) is 32.5. The molecule has 230 valence electrons. The molecule has 0 spiro atoms. The summed E-state index contributed by atoms with van der Waals surface area (Å²) in [4.78, 5) is 0. The first kappa shape index (κ1) is 26.3. The van der Waals surface area contributed by atoms with E-state index in [-0.39, 0.29) is 0 Å². The van der Waals surface area contributed by atoms with Gasteiger partial charge in [0.2, 0.25) is 0 Å². The Labute approximate surface area is 286 Å². The van der Waals surface area contributed by atoms with Crippen molar-refractivity contribution in [1.29, 1.82) is 0 Å². The lowest BCUT2D eigenvalue weighted by Gasteiger charge is -2.22. The van der Waals surface area contributed by atoms with E-state index in [4.69, 9.17) is 9.15 Å². The van der Waals surface area contributed by atoms with E-state index >= 15 is 0 Å². The first-order chi connectivity index (χ1) is 24.8. The standard InChI is InChI=1S/C48H26O2/c1-2-10-31-27(7-1)17-22-40-46-37(32-20-18-30-16-15-28-8-5-9-29-19-21-36(32)44(30)43(28)29)25-26-39(48(46)50-47(31)40)33-23-24-38-34-11-3-4-13-41(34)49-42-14-6-12-35(33)45(38)42/h1-26H. The van der Waals surface area contributed by atoms with E-state index in [0.717, 1.165) is 66.3 Å². The molecule has 12 rings (SSSR count). The summed E-state index contributed by atoms with van der Waals surface area (Å²) in [6.45, 7) is 0. The predicted octanol–water partition coefficient (Wildman–Crippen LogP) is 13.9. The molecular formula is C48H26O2. The van der Waals surface area contributed by atoms with Gasteiger partial charge in [0.25, 0.3) is 0 Å². The molecule has 0 bridgehead atoms. The van der Waals surface area contributed by atoms with Crippen molar-refractivity contribution in [3.8, 4) is 44.9 Å². The van der Waals surface area contributed by atoms with Gasteiger partial charge in [0.1, 0.15) is 22.7 Å². The molecule has 0 fully saturated rings. The molecule has 2 nitrogen and oxygen atoms in total. The summed E-state index contributed by atoms with van der Waals surface area (Å²) in [5.41, 5.74) is 8.72. The Morgan fingerprint density at radius 3 is 1.74 bits per heavy atom. The minimum absolute atomic E-state index is 0.884. The molecule has 50 heavy (non-hydrogen) atoms. The van der Waals surface area contributed by atoms with Crippen molar-refractivity contribution >= 4 is 75.8 Å². The van der Waals surface area contributed by atoms with Crippen LogP contribution in [0.5, 0.6) is 11.5 Å². The zero-order valence-corrected chi connectivity index (χ0v) is 26.8. The van der Waals surface area contributed by atoms with Gasteiger partial charge >= 0.3 is 0 Å². The van der Waals surface area contributed by atoms with Crippen molar-refractivity contribution in [1.82, 2.24) is 0 Å². The molecule has 2 heterocycles. The van der Waals surface area contributed by atoms with Crippen molar-refractivity contribution < 1.29 is 9.15 Å². The largest absolute Gasteiger partial charge is 0.456 e. The van der Waals surface area contributed by atoms with Gasteiger partial charge in [-0.05, 0) is 89.6 Å². The molecule has 0 aliphatic carbocycles. The van der Waals surface area contributed by atoms with E-state index in [9.17, 15) is 0 Å². The summed E-state index contributed by atoms with van der Waals surface area (Å²) in [5.74, 6) is 1.78. The highest BCUT2D eigenvalue weighted by Gasteiger charge is 2.25. The molecule has 0 atom stereocenters. The average molecular weight is 635 g/mol. The first-order valence-electron chi connectivity index (χ1n) is 17.2. The lowest BCUT2D eigenvalue weighted by molar-refractivity contribution is 0.487. The third-order valence-corrected chi connectivity index (χ3v) is 11.0. The molecular weight excluding hydrogens is 609 g/mol. The maximum atomic E-state index is 7.11. The number of benzene rings is 10. The molecule has 0 amide bonds. The Balaban J connectivity index is 1.20. The van der Waals surface area contributed by atoms with Gasteiger partial charge in [-0.25, -0.2) is 0 Å². The molecule has 1 aliphatic heterocycles. The highest BCUT2D eigenvalue weighted by Crippen LogP contribution is 2.51. The minimum atomic E-state index is 0.884. The van der Waals surface area contributed by atoms with Crippen LogP contribution in [-0.2, 0) is 0 Å². The number of ether oxygens (including phenoxy) is 1. The fourth-order valence-electron chi connectivity index (χ4n) is 8.83. The van der Waals surface area contributed by atoms with Crippen molar-refractivity contribution in [2.75, 3.05) is 0 Å². The Morgan fingerprint density at radius 1 is 0.260 bits per heavy atom. The van der Waals surface area contributed by atoms with Crippen molar-refractivity contribution in [2.45, 2.75) is 0 Å². The first-order valence-corrected chi connectivity index (χ1v) is 17.2. The third-order valence-electron chi connectivity index (χ3n) is 11.0. The molecule has 2 heteroatoms. The molecule has 1 aromatic heterocycles. The van der Waals surface area contributed by atoms with Gasteiger partial charge in [0, 0.05) is 32.7 Å². The molecule has 11 aromatic rings. The van der Waals surface area contributed by atoms with Gasteiger partial charge in [-0.2, -0.15) is 0 Å². The molecule has 0 N–H and O–H groups in total.